The Morgan fingerprint density at radius 1 is 0.957 bits per heavy atom. The van der Waals surface area contributed by atoms with Crippen LogP contribution >= 0.6 is 11.3 Å². The van der Waals surface area contributed by atoms with E-state index in [1.54, 1.807) is 23.9 Å². The van der Waals surface area contributed by atoms with Crippen LogP contribution < -0.4 is 26.4 Å². The number of methoxy groups -OCH3 is 1. The number of amides is 2. The van der Waals surface area contributed by atoms with E-state index in [-0.39, 0.29) is 34.4 Å². The predicted molar refractivity (Wildman–Crippen MR) is 183 cm³/mol. The number of benzene rings is 2. The van der Waals surface area contributed by atoms with Crippen molar-refractivity contribution in [2.24, 2.45) is 0 Å². The van der Waals surface area contributed by atoms with Gasteiger partial charge in [0.1, 0.15) is 27.5 Å². The molecule has 7 rings (SSSR count). The molecule has 3 N–H and O–H groups in total. The van der Waals surface area contributed by atoms with Crippen molar-refractivity contribution >= 4 is 50.5 Å². The van der Waals surface area contributed by atoms with Crippen LogP contribution in [0.2, 0.25) is 0 Å². The van der Waals surface area contributed by atoms with Crippen molar-refractivity contribution in [2.75, 3.05) is 17.7 Å². The molecular formula is C36H32N6O4S. The molecule has 47 heavy (non-hydrogen) atoms. The lowest BCUT2D eigenvalue weighted by Gasteiger charge is -2.16. The number of aromatic nitrogens is 3. The Balaban J connectivity index is 1.35. The fourth-order valence-electron chi connectivity index (χ4n) is 6.12. The van der Waals surface area contributed by atoms with Gasteiger partial charge in [-0.3, -0.25) is 24.2 Å². The molecule has 0 fully saturated rings. The van der Waals surface area contributed by atoms with E-state index in [2.05, 4.69) is 10.6 Å². The monoisotopic (exact) mass is 644 g/mol. The number of nitrogens with one attached hydrogen (secondary N) is 3. The zero-order valence-electron chi connectivity index (χ0n) is 25.9. The first kappa shape index (κ1) is 30.1. The van der Waals surface area contributed by atoms with E-state index in [1.807, 2.05) is 67.6 Å². The Bertz CT molecular complexity index is 2310. The summed E-state index contributed by atoms with van der Waals surface area (Å²) >= 11 is 1.40. The number of ether oxygens (including phenoxy) is 1. The molecule has 2 aromatic carbocycles. The second kappa shape index (κ2) is 12.3. The van der Waals surface area contributed by atoms with Crippen LogP contribution in [0.3, 0.4) is 0 Å². The van der Waals surface area contributed by atoms with Crippen molar-refractivity contribution in [1.29, 1.82) is 5.41 Å². The number of aryl methyl sites for hydroxylation is 2. The molecule has 236 valence electrons. The molecule has 6 aromatic rings. The number of pyridine rings is 2. The number of rotatable bonds is 7. The summed E-state index contributed by atoms with van der Waals surface area (Å²) in [6.07, 6.45) is 5.19. The maximum absolute atomic E-state index is 14.1. The van der Waals surface area contributed by atoms with Crippen LogP contribution in [-0.4, -0.2) is 32.9 Å². The van der Waals surface area contributed by atoms with Crippen molar-refractivity contribution in [3.63, 3.8) is 0 Å². The van der Waals surface area contributed by atoms with Crippen molar-refractivity contribution in [1.82, 2.24) is 14.0 Å². The quantitative estimate of drug-likeness (QED) is 0.185. The van der Waals surface area contributed by atoms with E-state index < -0.39 is 5.91 Å². The van der Waals surface area contributed by atoms with Gasteiger partial charge in [-0.05, 0) is 85.7 Å². The molecule has 0 saturated carbocycles. The molecule has 0 radical (unpaired) electrons. The van der Waals surface area contributed by atoms with Crippen LogP contribution in [-0.2, 0) is 19.4 Å². The molecule has 0 unspecified atom stereocenters. The van der Waals surface area contributed by atoms with Gasteiger partial charge in [-0.25, -0.2) is 4.98 Å². The molecule has 0 spiro atoms. The number of thiophene rings is 1. The van der Waals surface area contributed by atoms with Gasteiger partial charge in [0.05, 0.1) is 30.2 Å². The number of fused-ring (bicyclic) bond motifs is 3. The average Bonchev–Trinajstić information content (AvgIpc) is 3.45. The Labute approximate surface area is 273 Å². The number of nitrogens with zero attached hydrogens (tertiary/aromatic N) is 3. The van der Waals surface area contributed by atoms with Gasteiger partial charge in [-0.15, -0.1) is 11.3 Å². The minimum absolute atomic E-state index is 0.00157. The highest BCUT2D eigenvalue weighted by Gasteiger charge is 2.28. The summed E-state index contributed by atoms with van der Waals surface area (Å²) < 4.78 is 8.35. The molecular weight excluding hydrogens is 613 g/mol. The van der Waals surface area contributed by atoms with E-state index in [4.69, 9.17) is 9.72 Å². The maximum Gasteiger partial charge on any atom is 0.267 e. The summed E-state index contributed by atoms with van der Waals surface area (Å²) in [5, 5.41) is 15.8. The Kier molecular flexibility index (Phi) is 7.90. The van der Waals surface area contributed by atoms with Crippen molar-refractivity contribution in [2.45, 2.75) is 39.2 Å². The molecule has 10 nitrogen and oxygen atoms in total. The standard InChI is InChI=1S/C36H32N6O4S/c1-21-9-8-18-41-31(21)39-32-27(36(41)45)19-26(30(37)42(32)20-22-14-16-24(46-2)17-15-22)33(43)40-35-29(25-12-6-7-13-28(25)47-35)34(44)38-23-10-4-3-5-11-23/h3-5,8-11,14-19,37H,6-7,12-13,20H2,1-2H3,(H,38,44)(H,40,43). The lowest BCUT2D eigenvalue weighted by Crippen LogP contribution is -2.32. The largest absolute Gasteiger partial charge is 0.497 e. The maximum atomic E-state index is 14.1. The molecule has 1 aliphatic carbocycles. The van der Waals surface area contributed by atoms with Crippen LogP contribution in [0.4, 0.5) is 10.7 Å². The lowest BCUT2D eigenvalue weighted by molar-refractivity contribution is 0.102. The van der Waals surface area contributed by atoms with Gasteiger partial charge < -0.3 is 19.9 Å². The number of hydrogen-bond donors (Lipinski definition) is 3. The van der Waals surface area contributed by atoms with E-state index in [9.17, 15) is 19.8 Å². The second-order valence-corrected chi connectivity index (χ2v) is 12.7. The van der Waals surface area contributed by atoms with E-state index in [0.717, 1.165) is 47.3 Å². The summed E-state index contributed by atoms with van der Waals surface area (Å²) in [6, 6.07) is 21.7. The highest BCUT2D eigenvalue weighted by Crippen LogP contribution is 2.39. The number of hydrogen-bond acceptors (Lipinski definition) is 7. The number of carbonyl (C=O) groups excluding carboxylic acids is 2. The molecule has 2 amide bonds. The van der Waals surface area contributed by atoms with Crippen LogP contribution in [0.1, 0.15) is 55.1 Å². The average molecular weight is 645 g/mol. The smallest absolute Gasteiger partial charge is 0.267 e. The van der Waals surface area contributed by atoms with Gasteiger partial charge in [0.15, 0.2) is 0 Å². The molecule has 0 atom stereocenters. The minimum Gasteiger partial charge on any atom is -0.497 e. The van der Waals surface area contributed by atoms with Gasteiger partial charge in [0, 0.05) is 16.8 Å². The number of carbonyl (C=O) groups is 2. The van der Waals surface area contributed by atoms with Gasteiger partial charge in [0.2, 0.25) is 0 Å². The minimum atomic E-state index is -0.582. The SMILES string of the molecule is COc1ccc(Cn2c(=N)c(C(=O)Nc3sc4c(c3C(=O)Nc3ccccc3)CCCC4)cc3c(=O)n4cccc(C)c4nc32)cc1. The van der Waals surface area contributed by atoms with Gasteiger partial charge in [-0.2, -0.15) is 0 Å². The van der Waals surface area contributed by atoms with Gasteiger partial charge >= 0.3 is 0 Å². The van der Waals surface area contributed by atoms with Gasteiger partial charge in [0.25, 0.3) is 17.4 Å². The third kappa shape index (κ3) is 5.59. The van der Waals surface area contributed by atoms with Crippen molar-refractivity contribution in [3.8, 4) is 5.75 Å². The lowest BCUT2D eigenvalue weighted by atomic mass is 9.95. The third-order valence-electron chi connectivity index (χ3n) is 8.54. The van der Waals surface area contributed by atoms with Crippen molar-refractivity contribution < 1.29 is 14.3 Å². The second-order valence-electron chi connectivity index (χ2n) is 11.6. The summed E-state index contributed by atoms with van der Waals surface area (Å²) in [5.74, 6) is -0.192. The first-order chi connectivity index (χ1) is 22.8. The molecule has 1 aliphatic rings. The van der Waals surface area contributed by atoms with Gasteiger partial charge in [-0.1, -0.05) is 36.4 Å². The molecule has 0 saturated heterocycles. The van der Waals surface area contributed by atoms with E-state index >= 15 is 0 Å². The summed E-state index contributed by atoms with van der Waals surface area (Å²) in [6.45, 7) is 2.06. The third-order valence-corrected chi connectivity index (χ3v) is 9.74. The Hall–Kier alpha value is -5.55. The summed E-state index contributed by atoms with van der Waals surface area (Å²) in [4.78, 5) is 47.6. The van der Waals surface area contributed by atoms with E-state index in [1.165, 1.54) is 21.8 Å². The van der Waals surface area contributed by atoms with Crippen LogP contribution in [0.15, 0.2) is 83.8 Å². The first-order valence-electron chi connectivity index (χ1n) is 15.4. The van der Waals surface area contributed by atoms with Crippen molar-refractivity contribution in [3.05, 3.63) is 128 Å². The summed E-state index contributed by atoms with van der Waals surface area (Å²) in [7, 11) is 1.59. The van der Waals surface area contributed by atoms with Crippen LogP contribution in [0.25, 0.3) is 16.7 Å². The highest BCUT2D eigenvalue weighted by atomic mass is 32.1. The molecule has 0 bridgehead atoms. The predicted octanol–water partition coefficient (Wildman–Crippen LogP) is 5.94. The Morgan fingerprint density at radius 2 is 1.72 bits per heavy atom. The topological polar surface area (TPSA) is 131 Å². The van der Waals surface area contributed by atoms with Crippen LogP contribution in [0, 0.1) is 12.3 Å². The zero-order chi connectivity index (χ0) is 32.7. The zero-order valence-corrected chi connectivity index (χ0v) is 26.7. The fourth-order valence-corrected chi connectivity index (χ4v) is 7.40. The molecule has 4 heterocycles. The summed E-state index contributed by atoms with van der Waals surface area (Å²) in [5.41, 5.74) is 4.02. The van der Waals surface area contributed by atoms with E-state index in [0.29, 0.717) is 33.3 Å². The first-order valence-corrected chi connectivity index (χ1v) is 16.2. The normalized spacial score (nSPS) is 12.6. The Morgan fingerprint density at radius 3 is 2.49 bits per heavy atom. The highest BCUT2D eigenvalue weighted by molar-refractivity contribution is 7.17. The fraction of sp³-hybridized carbons (Fsp3) is 0.194. The molecule has 11 heteroatoms. The molecule has 0 aliphatic heterocycles. The van der Waals surface area contributed by atoms with Crippen LogP contribution in [0.5, 0.6) is 5.75 Å². The number of anilines is 2. The number of para-hydroxylation sites is 1. The molecule has 4 aromatic heterocycles.